The molecule has 2 aliphatic heterocycles. The Labute approximate surface area is 212 Å². The molecule has 2 aromatic rings. The molecule has 1 amide bonds. The Bertz CT molecular complexity index is 988. The standard InChI is InChI=1S/C30H43N3O2/c1-22-23(2)25(4)29(26(5)24(22)3)30(34)33-19-17-32(18-20-33)27-10-12-28(13-11-27)35-21-9-16-31-14-7-6-8-15-31/h10-13H,6-9,14-21H2,1-5H3. The number of piperazine rings is 1. The fourth-order valence-corrected chi connectivity index (χ4v) is 5.56. The number of nitrogens with zero attached hydrogens (tertiary/aromatic N) is 3. The van der Waals surface area contributed by atoms with E-state index in [4.69, 9.17) is 4.74 Å². The van der Waals surface area contributed by atoms with Gasteiger partial charge in [0, 0.05) is 44.0 Å². The summed E-state index contributed by atoms with van der Waals surface area (Å²) in [7, 11) is 0. The van der Waals surface area contributed by atoms with Crippen molar-refractivity contribution in [1.29, 1.82) is 0 Å². The van der Waals surface area contributed by atoms with Crippen LogP contribution in [0.3, 0.4) is 0 Å². The van der Waals surface area contributed by atoms with Crippen molar-refractivity contribution >= 4 is 11.6 Å². The third-order valence-corrected chi connectivity index (χ3v) is 8.32. The van der Waals surface area contributed by atoms with E-state index in [1.165, 1.54) is 54.7 Å². The summed E-state index contributed by atoms with van der Waals surface area (Å²) in [4.78, 5) is 20.4. The van der Waals surface area contributed by atoms with E-state index in [1.807, 2.05) is 4.90 Å². The predicted octanol–water partition coefficient (Wildman–Crippen LogP) is 5.45. The summed E-state index contributed by atoms with van der Waals surface area (Å²) in [5.74, 6) is 1.12. The average Bonchev–Trinajstić information content (AvgIpc) is 2.90. The van der Waals surface area contributed by atoms with Gasteiger partial charge in [-0.1, -0.05) is 6.42 Å². The molecule has 0 unspecified atom stereocenters. The maximum absolute atomic E-state index is 13.5. The molecular formula is C30H43N3O2. The molecule has 190 valence electrons. The highest BCUT2D eigenvalue weighted by Crippen LogP contribution is 2.28. The summed E-state index contributed by atoms with van der Waals surface area (Å²) in [5, 5.41) is 0. The van der Waals surface area contributed by atoms with Crippen LogP contribution in [0.5, 0.6) is 5.75 Å². The van der Waals surface area contributed by atoms with Crippen LogP contribution in [0, 0.1) is 34.6 Å². The van der Waals surface area contributed by atoms with Crippen LogP contribution in [-0.4, -0.2) is 68.1 Å². The summed E-state index contributed by atoms with van der Waals surface area (Å²) in [6.45, 7) is 18.2. The Morgan fingerprint density at radius 2 is 1.31 bits per heavy atom. The van der Waals surface area contributed by atoms with Crippen LogP contribution in [0.4, 0.5) is 5.69 Å². The van der Waals surface area contributed by atoms with Crippen LogP contribution in [0.25, 0.3) is 0 Å². The second-order valence-corrected chi connectivity index (χ2v) is 10.4. The lowest BCUT2D eigenvalue weighted by atomic mass is 9.89. The molecule has 0 atom stereocenters. The molecule has 5 heteroatoms. The fourth-order valence-electron chi connectivity index (χ4n) is 5.56. The van der Waals surface area contributed by atoms with E-state index in [0.717, 1.165) is 68.2 Å². The molecule has 2 heterocycles. The topological polar surface area (TPSA) is 36.0 Å². The first-order valence-corrected chi connectivity index (χ1v) is 13.4. The molecule has 0 spiro atoms. The number of hydrogen-bond acceptors (Lipinski definition) is 4. The van der Waals surface area contributed by atoms with Crippen LogP contribution in [0.1, 0.15) is 63.9 Å². The van der Waals surface area contributed by atoms with Crippen molar-refractivity contribution in [3.8, 4) is 5.75 Å². The number of carbonyl (C=O) groups excluding carboxylic acids is 1. The van der Waals surface area contributed by atoms with Crippen LogP contribution in [0.15, 0.2) is 24.3 Å². The Morgan fingerprint density at radius 3 is 1.91 bits per heavy atom. The highest BCUT2D eigenvalue weighted by molar-refractivity contribution is 5.98. The lowest BCUT2D eigenvalue weighted by molar-refractivity contribution is 0.0745. The molecule has 2 aliphatic rings. The van der Waals surface area contributed by atoms with Crippen molar-refractivity contribution < 1.29 is 9.53 Å². The normalized spacial score (nSPS) is 17.1. The van der Waals surface area contributed by atoms with E-state index in [-0.39, 0.29) is 5.91 Å². The number of anilines is 1. The molecule has 0 bridgehead atoms. The van der Waals surface area contributed by atoms with Crippen molar-refractivity contribution in [3.05, 3.63) is 57.6 Å². The zero-order valence-corrected chi connectivity index (χ0v) is 22.5. The molecule has 0 aliphatic carbocycles. The maximum Gasteiger partial charge on any atom is 0.254 e. The highest BCUT2D eigenvalue weighted by atomic mass is 16.5. The van der Waals surface area contributed by atoms with Gasteiger partial charge in [0.2, 0.25) is 0 Å². The second kappa shape index (κ2) is 11.5. The van der Waals surface area contributed by atoms with Gasteiger partial charge < -0.3 is 19.4 Å². The van der Waals surface area contributed by atoms with Crippen LogP contribution >= 0.6 is 0 Å². The van der Waals surface area contributed by atoms with E-state index < -0.39 is 0 Å². The fraction of sp³-hybridized carbons (Fsp3) is 0.567. The lowest BCUT2D eigenvalue weighted by Gasteiger charge is -2.37. The molecule has 2 fully saturated rings. The van der Waals surface area contributed by atoms with Crippen molar-refractivity contribution in [3.63, 3.8) is 0 Å². The van der Waals surface area contributed by atoms with Gasteiger partial charge in [-0.3, -0.25) is 4.79 Å². The number of piperidine rings is 1. The van der Waals surface area contributed by atoms with Gasteiger partial charge >= 0.3 is 0 Å². The number of ether oxygens (including phenoxy) is 1. The monoisotopic (exact) mass is 477 g/mol. The molecular weight excluding hydrogens is 434 g/mol. The van der Waals surface area contributed by atoms with Crippen LogP contribution < -0.4 is 9.64 Å². The minimum absolute atomic E-state index is 0.180. The minimum atomic E-state index is 0.180. The van der Waals surface area contributed by atoms with Gasteiger partial charge in [-0.15, -0.1) is 0 Å². The summed E-state index contributed by atoms with van der Waals surface area (Å²) in [6.07, 6.45) is 5.15. The Kier molecular flexibility index (Phi) is 8.38. The summed E-state index contributed by atoms with van der Waals surface area (Å²) >= 11 is 0. The van der Waals surface area contributed by atoms with Crippen LogP contribution in [0.2, 0.25) is 0 Å². The number of rotatable bonds is 7. The molecule has 0 N–H and O–H groups in total. The van der Waals surface area contributed by atoms with Crippen molar-refractivity contribution in [1.82, 2.24) is 9.80 Å². The van der Waals surface area contributed by atoms with Crippen molar-refractivity contribution in [2.24, 2.45) is 0 Å². The van der Waals surface area contributed by atoms with Gasteiger partial charge in [0.05, 0.1) is 6.61 Å². The average molecular weight is 478 g/mol. The van der Waals surface area contributed by atoms with Crippen molar-refractivity contribution in [2.45, 2.75) is 60.3 Å². The molecule has 4 rings (SSSR count). The molecule has 0 radical (unpaired) electrons. The molecule has 2 saturated heterocycles. The van der Waals surface area contributed by atoms with Crippen molar-refractivity contribution in [2.75, 3.05) is 57.3 Å². The van der Waals surface area contributed by atoms with Gasteiger partial charge in [0.1, 0.15) is 5.75 Å². The van der Waals surface area contributed by atoms with Gasteiger partial charge in [-0.2, -0.15) is 0 Å². The van der Waals surface area contributed by atoms with Gasteiger partial charge in [0.25, 0.3) is 5.91 Å². The third-order valence-electron chi connectivity index (χ3n) is 8.32. The lowest BCUT2D eigenvalue weighted by Crippen LogP contribution is -2.49. The smallest absolute Gasteiger partial charge is 0.254 e. The van der Waals surface area contributed by atoms with Crippen LogP contribution in [-0.2, 0) is 0 Å². The number of likely N-dealkylation sites (tertiary alicyclic amines) is 1. The SMILES string of the molecule is Cc1c(C)c(C)c(C(=O)N2CCN(c3ccc(OCCCN4CCCCC4)cc3)CC2)c(C)c1C. The first-order valence-electron chi connectivity index (χ1n) is 13.4. The summed E-state index contributed by atoms with van der Waals surface area (Å²) < 4.78 is 5.99. The Balaban J connectivity index is 1.27. The molecule has 35 heavy (non-hydrogen) atoms. The minimum Gasteiger partial charge on any atom is -0.494 e. The highest BCUT2D eigenvalue weighted by Gasteiger charge is 2.26. The van der Waals surface area contributed by atoms with E-state index in [2.05, 4.69) is 68.7 Å². The zero-order valence-electron chi connectivity index (χ0n) is 22.5. The summed E-state index contributed by atoms with van der Waals surface area (Å²) in [5.41, 5.74) is 8.14. The predicted molar refractivity (Wildman–Crippen MR) is 145 cm³/mol. The Morgan fingerprint density at radius 1 is 0.743 bits per heavy atom. The van der Waals surface area contributed by atoms with E-state index in [0.29, 0.717) is 0 Å². The van der Waals surface area contributed by atoms with Gasteiger partial charge in [0.15, 0.2) is 0 Å². The first-order chi connectivity index (χ1) is 16.9. The molecule has 2 aromatic carbocycles. The number of amides is 1. The number of benzene rings is 2. The van der Waals surface area contributed by atoms with E-state index in [9.17, 15) is 4.79 Å². The zero-order chi connectivity index (χ0) is 24.9. The quantitative estimate of drug-likeness (QED) is 0.497. The van der Waals surface area contributed by atoms with E-state index in [1.54, 1.807) is 0 Å². The third kappa shape index (κ3) is 5.83. The largest absolute Gasteiger partial charge is 0.494 e. The second-order valence-electron chi connectivity index (χ2n) is 10.4. The molecule has 5 nitrogen and oxygen atoms in total. The Hall–Kier alpha value is -2.53. The molecule has 0 aromatic heterocycles. The van der Waals surface area contributed by atoms with Gasteiger partial charge in [-0.05, 0) is 119 Å². The van der Waals surface area contributed by atoms with Gasteiger partial charge in [-0.25, -0.2) is 0 Å². The molecule has 0 saturated carbocycles. The number of carbonyl (C=O) groups is 1. The maximum atomic E-state index is 13.5. The van der Waals surface area contributed by atoms with E-state index >= 15 is 0 Å². The first kappa shape index (κ1) is 25.6. The number of hydrogen-bond donors (Lipinski definition) is 0. The summed E-state index contributed by atoms with van der Waals surface area (Å²) in [6, 6.07) is 8.47.